The molecule has 2 rings (SSSR count). The fraction of sp³-hybridized carbons (Fsp3) is 0.550. The Bertz CT molecular complexity index is 522. The van der Waals surface area contributed by atoms with Crippen LogP contribution in [0, 0.1) is 0 Å². The molecule has 24 heavy (non-hydrogen) atoms. The van der Waals surface area contributed by atoms with Gasteiger partial charge < -0.3 is 21.6 Å². The standard InChI is InChI=1S/C20H30NO2.ClH/c1-3-23-20(22)17-21(13-8-5-9-14-21)15-12-18(2)16-19-10-6-4-7-11-19;/h4,6-7,10-12H,3,5,8-9,13-17H2,1-2H3;1H/q+1;/p-1/b18-12-;. The summed E-state index contributed by atoms with van der Waals surface area (Å²) in [6.07, 6.45) is 7.03. The number of ether oxygens (including phenoxy) is 1. The van der Waals surface area contributed by atoms with Crippen molar-refractivity contribution in [2.45, 2.75) is 39.5 Å². The number of nitrogens with zero attached hydrogens (tertiary/aromatic N) is 1. The molecule has 1 fully saturated rings. The van der Waals surface area contributed by atoms with Gasteiger partial charge in [-0.2, -0.15) is 0 Å². The first kappa shape index (κ1) is 20.7. The number of allylic oxidation sites excluding steroid dienone is 1. The molecule has 1 aromatic carbocycles. The molecule has 0 N–H and O–H groups in total. The molecule has 0 aliphatic carbocycles. The number of esters is 1. The Morgan fingerprint density at radius 1 is 1.17 bits per heavy atom. The molecular formula is C20H30ClNO2. The minimum absolute atomic E-state index is 0. The molecule has 0 unspecified atom stereocenters. The van der Waals surface area contributed by atoms with Crippen molar-refractivity contribution in [3.8, 4) is 0 Å². The molecule has 1 aromatic rings. The molecule has 0 amide bonds. The molecule has 1 saturated heterocycles. The zero-order chi connectivity index (χ0) is 16.5. The van der Waals surface area contributed by atoms with Gasteiger partial charge in [0.15, 0.2) is 6.54 Å². The molecule has 3 nitrogen and oxygen atoms in total. The number of hydrogen-bond acceptors (Lipinski definition) is 2. The third kappa shape index (κ3) is 6.66. The van der Waals surface area contributed by atoms with E-state index in [1.54, 1.807) is 0 Å². The molecule has 0 radical (unpaired) electrons. The summed E-state index contributed by atoms with van der Waals surface area (Å²) < 4.78 is 6.06. The lowest BCUT2D eigenvalue weighted by molar-refractivity contribution is -0.920. The summed E-state index contributed by atoms with van der Waals surface area (Å²) in [5.74, 6) is -0.0523. The van der Waals surface area contributed by atoms with Crippen LogP contribution in [-0.2, 0) is 16.0 Å². The maximum absolute atomic E-state index is 12.0. The van der Waals surface area contributed by atoms with E-state index in [-0.39, 0.29) is 18.4 Å². The first-order valence-corrected chi connectivity index (χ1v) is 8.84. The first-order chi connectivity index (χ1) is 11.1. The lowest BCUT2D eigenvalue weighted by Crippen LogP contribution is -3.00. The van der Waals surface area contributed by atoms with E-state index >= 15 is 0 Å². The summed E-state index contributed by atoms with van der Waals surface area (Å²) >= 11 is 0. The predicted molar refractivity (Wildman–Crippen MR) is 94.1 cm³/mol. The third-order valence-corrected chi connectivity index (χ3v) is 4.69. The predicted octanol–water partition coefficient (Wildman–Crippen LogP) is 0.743. The second kappa shape index (κ2) is 10.5. The van der Waals surface area contributed by atoms with Crippen LogP contribution >= 0.6 is 0 Å². The van der Waals surface area contributed by atoms with Crippen LogP contribution in [0.5, 0.6) is 0 Å². The average molecular weight is 352 g/mol. The van der Waals surface area contributed by atoms with Gasteiger partial charge >= 0.3 is 5.97 Å². The van der Waals surface area contributed by atoms with E-state index in [0.29, 0.717) is 13.2 Å². The fourth-order valence-electron chi connectivity index (χ4n) is 3.41. The maximum Gasteiger partial charge on any atom is 0.361 e. The molecule has 0 bridgehead atoms. The van der Waals surface area contributed by atoms with E-state index in [1.807, 2.05) is 6.92 Å². The SMILES string of the molecule is CCOC(=O)C[N+]1(C/C=C(/C)Cc2ccccc2)CCCCC1.[Cl-]. The van der Waals surface area contributed by atoms with Crippen LogP contribution in [0.4, 0.5) is 0 Å². The van der Waals surface area contributed by atoms with Crippen LogP contribution in [0.1, 0.15) is 38.7 Å². The minimum atomic E-state index is -0.0523. The number of carbonyl (C=O) groups excluding carboxylic acids is 1. The topological polar surface area (TPSA) is 26.3 Å². The van der Waals surface area contributed by atoms with Gasteiger partial charge in [0, 0.05) is 0 Å². The summed E-state index contributed by atoms with van der Waals surface area (Å²) in [5.41, 5.74) is 2.72. The molecule has 0 spiro atoms. The van der Waals surface area contributed by atoms with Crippen LogP contribution in [-0.4, -0.2) is 43.2 Å². The Balaban J connectivity index is 0.00000288. The fourth-order valence-corrected chi connectivity index (χ4v) is 3.41. The quantitative estimate of drug-likeness (QED) is 0.411. The monoisotopic (exact) mass is 351 g/mol. The maximum atomic E-state index is 12.0. The second-order valence-electron chi connectivity index (χ2n) is 6.71. The van der Waals surface area contributed by atoms with Crippen LogP contribution in [0.2, 0.25) is 0 Å². The Kier molecular flexibility index (Phi) is 9.09. The summed E-state index contributed by atoms with van der Waals surface area (Å²) in [5, 5.41) is 0. The van der Waals surface area contributed by atoms with Crippen molar-refractivity contribution in [3.05, 3.63) is 47.5 Å². The van der Waals surface area contributed by atoms with Gasteiger partial charge in [-0.15, -0.1) is 0 Å². The van der Waals surface area contributed by atoms with E-state index in [1.165, 1.54) is 30.4 Å². The molecule has 4 heteroatoms. The largest absolute Gasteiger partial charge is 1.00 e. The number of benzene rings is 1. The Morgan fingerprint density at radius 2 is 1.83 bits per heavy atom. The number of piperidine rings is 1. The highest BCUT2D eigenvalue weighted by Crippen LogP contribution is 2.20. The molecule has 134 valence electrons. The smallest absolute Gasteiger partial charge is 0.361 e. The minimum Gasteiger partial charge on any atom is -1.00 e. The van der Waals surface area contributed by atoms with Crippen LogP contribution in [0.3, 0.4) is 0 Å². The summed E-state index contributed by atoms with van der Waals surface area (Å²) in [6.45, 7) is 8.18. The number of rotatable bonds is 7. The number of quaternary nitrogens is 1. The molecule has 1 aliphatic heterocycles. The zero-order valence-corrected chi connectivity index (χ0v) is 15.7. The van der Waals surface area contributed by atoms with Gasteiger partial charge in [0.25, 0.3) is 0 Å². The summed E-state index contributed by atoms with van der Waals surface area (Å²) in [6, 6.07) is 10.6. The van der Waals surface area contributed by atoms with E-state index < -0.39 is 0 Å². The van der Waals surface area contributed by atoms with Crippen LogP contribution in [0.15, 0.2) is 42.0 Å². The highest BCUT2D eigenvalue weighted by Gasteiger charge is 2.32. The number of halogens is 1. The molecule has 0 saturated carbocycles. The normalized spacial score (nSPS) is 17.0. The van der Waals surface area contributed by atoms with Gasteiger partial charge in [-0.05, 0) is 51.2 Å². The van der Waals surface area contributed by atoms with Crippen molar-refractivity contribution in [1.82, 2.24) is 0 Å². The lowest BCUT2D eigenvalue weighted by Gasteiger charge is -2.40. The van der Waals surface area contributed by atoms with Crippen LogP contribution in [0.25, 0.3) is 0 Å². The van der Waals surface area contributed by atoms with Crippen LogP contribution < -0.4 is 12.4 Å². The Labute approximate surface area is 152 Å². The summed E-state index contributed by atoms with van der Waals surface area (Å²) in [7, 11) is 0. The molecule has 0 atom stereocenters. The second-order valence-corrected chi connectivity index (χ2v) is 6.71. The average Bonchev–Trinajstić information content (AvgIpc) is 2.55. The highest BCUT2D eigenvalue weighted by molar-refractivity contribution is 5.70. The van der Waals surface area contributed by atoms with Gasteiger partial charge in [-0.1, -0.05) is 35.9 Å². The van der Waals surface area contributed by atoms with Crippen molar-refractivity contribution in [3.63, 3.8) is 0 Å². The number of carbonyl (C=O) groups is 1. The molecular weight excluding hydrogens is 322 g/mol. The molecule has 1 aliphatic rings. The molecule has 0 aromatic heterocycles. The number of hydrogen-bond donors (Lipinski definition) is 0. The van der Waals surface area contributed by atoms with E-state index in [0.717, 1.165) is 30.5 Å². The van der Waals surface area contributed by atoms with Gasteiger partial charge in [0.2, 0.25) is 0 Å². The van der Waals surface area contributed by atoms with Gasteiger partial charge in [-0.3, -0.25) is 0 Å². The van der Waals surface area contributed by atoms with Crippen molar-refractivity contribution >= 4 is 5.97 Å². The van der Waals surface area contributed by atoms with Gasteiger partial charge in [0.1, 0.15) is 0 Å². The zero-order valence-electron chi connectivity index (χ0n) is 15.0. The molecule has 1 heterocycles. The van der Waals surface area contributed by atoms with Gasteiger partial charge in [-0.25, -0.2) is 4.79 Å². The van der Waals surface area contributed by atoms with Gasteiger partial charge in [0.05, 0.1) is 26.2 Å². The van der Waals surface area contributed by atoms with E-state index in [2.05, 4.69) is 43.3 Å². The van der Waals surface area contributed by atoms with Crippen molar-refractivity contribution < 1.29 is 26.4 Å². The van der Waals surface area contributed by atoms with Crippen molar-refractivity contribution in [2.75, 3.05) is 32.8 Å². The Hall–Kier alpha value is -1.32. The van der Waals surface area contributed by atoms with E-state index in [9.17, 15) is 4.79 Å². The first-order valence-electron chi connectivity index (χ1n) is 8.84. The Morgan fingerprint density at radius 3 is 2.46 bits per heavy atom. The lowest BCUT2D eigenvalue weighted by atomic mass is 10.0. The summed E-state index contributed by atoms with van der Waals surface area (Å²) in [4.78, 5) is 12.0. The van der Waals surface area contributed by atoms with E-state index in [4.69, 9.17) is 4.74 Å². The number of likely N-dealkylation sites (tertiary alicyclic amines) is 1. The van der Waals surface area contributed by atoms with Crippen molar-refractivity contribution in [1.29, 1.82) is 0 Å². The van der Waals surface area contributed by atoms with Crippen molar-refractivity contribution in [2.24, 2.45) is 0 Å². The third-order valence-electron chi connectivity index (χ3n) is 4.69. The highest BCUT2D eigenvalue weighted by atomic mass is 35.5.